The van der Waals surface area contributed by atoms with E-state index in [9.17, 15) is 9.59 Å². The molecule has 0 unspecified atom stereocenters. The second kappa shape index (κ2) is 9.18. The molecule has 5 nitrogen and oxygen atoms in total. The van der Waals surface area contributed by atoms with Crippen LogP contribution >= 0.6 is 15.9 Å². The van der Waals surface area contributed by atoms with Gasteiger partial charge >= 0.3 is 0 Å². The monoisotopic (exact) mass is 476 g/mol. The number of amides is 2. The Balaban J connectivity index is 1.34. The van der Waals surface area contributed by atoms with Crippen LogP contribution < -0.4 is 5.32 Å². The highest BCUT2D eigenvalue weighted by Crippen LogP contribution is 2.20. The van der Waals surface area contributed by atoms with E-state index in [-0.39, 0.29) is 17.6 Å². The molecule has 0 bridgehead atoms. The van der Waals surface area contributed by atoms with Crippen LogP contribution in [0, 0.1) is 0 Å². The first-order chi connectivity index (χ1) is 15.0. The Morgan fingerprint density at radius 1 is 0.935 bits per heavy atom. The maximum atomic E-state index is 12.6. The van der Waals surface area contributed by atoms with Gasteiger partial charge in [-0.05, 0) is 47.5 Å². The Kier molecular flexibility index (Phi) is 6.18. The predicted molar refractivity (Wildman–Crippen MR) is 125 cm³/mol. The molecule has 3 aromatic carbocycles. The molecule has 0 aliphatic heterocycles. The van der Waals surface area contributed by atoms with Crippen molar-refractivity contribution in [3.8, 4) is 0 Å². The van der Waals surface area contributed by atoms with Crippen molar-refractivity contribution < 1.29 is 14.0 Å². The Morgan fingerprint density at radius 2 is 1.61 bits per heavy atom. The van der Waals surface area contributed by atoms with E-state index >= 15 is 0 Å². The number of furan rings is 1. The van der Waals surface area contributed by atoms with Crippen LogP contribution in [0.15, 0.2) is 87.8 Å². The number of rotatable bonds is 6. The van der Waals surface area contributed by atoms with Gasteiger partial charge in [-0.25, -0.2) is 0 Å². The number of nitrogens with one attached hydrogen (secondary N) is 1. The number of carbonyl (C=O) groups excluding carboxylic acids is 2. The average Bonchev–Trinajstić information content (AvgIpc) is 3.21. The summed E-state index contributed by atoms with van der Waals surface area (Å²) in [4.78, 5) is 26.7. The number of fused-ring (bicyclic) bond motifs is 1. The fourth-order valence-electron chi connectivity index (χ4n) is 3.25. The average molecular weight is 477 g/mol. The maximum absolute atomic E-state index is 12.6. The summed E-state index contributed by atoms with van der Waals surface area (Å²) < 4.78 is 6.61. The highest BCUT2D eigenvalue weighted by atomic mass is 79.9. The van der Waals surface area contributed by atoms with E-state index < -0.39 is 0 Å². The van der Waals surface area contributed by atoms with E-state index in [1.165, 1.54) is 0 Å². The Hall–Kier alpha value is -3.38. The topological polar surface area (TPSA) is 62.6 Å². The molecule has 6 heteroatoms. The molecule has 0 atom stereocenters. The van der Waals surface area contributed by atoms with E-state index in [0.29, 0.717) is 24.2 Å². The third-order valence-corrected chi connectivity index (χ3v) is 5.50. The number of hydrogen-bond donors (Lipinski definition) is 1. The van der Waals surface area contributed by atoms with E-state index in [2.05, 4.69) is 21.2 Å². The molecular formula is C25H21BrN2O3. The third-order valence-electron chi connectivity index (χ3n) is 4.98. The number of nitrogens with zero attached hydrogens (tertiary/aromatic N) is 1. The van der Waals surface area contributed by atoms with Gasteiger partial charge < -0.3 is 14.6 Å². The molecular weight excluding hydrogens is 456 g/mol. The fourth-order valence-corrected chi connectivity index (χ4v) is 3.52. The summed E-state index contributed by atoms with van der Waals surface area (Å²) >= 11 is 3.41. The summed E-state index contributed by atoms with van der Waals surface area (Å²) in [6.07, 6.45) is 0.296. The standard InChI is InChI=1S/C25H21BrN2O3/c1-28(16-18-6-10-20(26)11-7-18)24(29)14-17-8-12-21(13-9-17)27-25(30)23-15-19-4-2-3-5-22(19)31-23/h2-13,15H,14,16H2,1H3,(H,27,30). The molecule has 0 aliphatic carbocycles. The fraction of sp³-hybridized carbons (Fsp3) is 0.120. The SMILES string of the molecule is CN(Cc1ccc(Br)cc1)C(=O)Cc1ccc(NC(=O)c2cc3ccccc3o2)cc1. The molecule has 156 valence electrons. The Labute approximate surface area is 188 Å². The quantitative estimate of drug-likeness (QED) is 0.391. The lowest BCUT2D eigenvalue weighted by molar-refractivity contribution is -0.129. The van der Waals surface area contributed by atoms with Gasteiger partial charge in [-0.15, -0.1) is 0 Å². The molecule has 0 fully saturated rings. The molecule has 0 saturated heterocycles. The van der Waals surface area contributed by atoms with E-state index in [1.807, 2.05) is 60.7 Å². The van der Waals surface area contributed by atoms with Gasteiger partial charge in [0.15, 0.2) is 5.76 Å². The molecule has 1 N–H and O–H groups in total. The van der Waals surface area contributed by atoms with Crippen molar-refractivity contribution in [1.29, 1.82) is 0 Å². The number of halogens is 1. The van der Waals surface area contributed by atoms with Crippen LogP contribution in [0.1, 0.15) is 21.7 Å². The van der Waals surface area contributed by atoms with Crippen LogP contribution in [0.5, 0.6) is 0 Å². The lowest BCUT2D eigenvalue weighted by Gasteiger charge is -2.17. The van der Waals surface area contributed by atoms with Crippen molar-refractivity contribution in [3.05, 3.63) is 100 Å². The molecule has 2 amide bonds. The van der Waals surface area contributed by atoms with E-state index in [0.717, 1.165) is 21.0 Å². The molecule has 1 aromatic heterocycles. The van der Waals surface area contributed by atoms with Gasteiger partial charge in [-0.1, -0.05) is 58.4 Å². The minimum Gasteiger partial charge on any atom is -0.451 e. The first kappa shape index (κ1) is 20.9. The minimum atomic E-state index is -0.311. The lowest BCUT2D eigenvalue weighted by Crippen LogP contribution is -2.27. The predicted octanol–water partition coefficient (Wildman–Crippen LogP) is 5.65. The number of hydrogen-bond acceptors (Lipinski definition) is 3. The zero-order valence-electron chi connectivity index (χ0n) is 17.0. The molecule has 4 rings (SSSR count). The third kappa shape index (κ3) is 5.22. The normalized spacial score (nSPS) is 10.8. The van der Waals surface area contributed by atoms with Crippen LogP contribution in [0.4, 0.5) is 5.69 Å². The molecule has 0 radical (unpaired) electrons. The zero-order chi connectivity index (χ0) is 21.8. The summed E-state index contributed by atoms with van der Waals surface area (Å²) in [6, 6.07) is 24.4. The first-order valence-electron chi connectivity index (χ1n) is 9.85. The molecule has 0 saturated carbocycles. The summed E-state index contributed by atoms with van der Waals surface area (Å²) in [5.41, 5.74) is 3.27. The molecule has 0 aliphatic rings. The van der Waals surface area contributed by atoms with Crippen LogP contribution in [0.25, 0.3) is 11.0 Å². The number of anilines is 1. The van der Waals surface area contributed by atoms with Gasteiger partial charge in [0.25, 0.3) is 5.91 Å². The second-order valence-corrected chi connectivity index (χ2v) is 8.27. The van der Waals surface area contributed by atoms with Gasteiger partial charge in [0.2, 0.25) is 5.91 Å². The van der Waals surface area contributed by atoms with Gasteiger partial charge in [0.05, 0.1) is 6.42 Å². The number of para-hydroxylation sites is 1. The molecule has 0 spiro atoms. The van der Waals surface area contributed by atoms with Crippen LogP contribution in [0.2, 0.25) is 0 Å². The zero-order valence-corrected chi connectivity index (χ0v) is 18.6. The first-order valence-corrected chi connectivity index (χ1v) is 10.6. The van der Waals surface area contributed by atoms with Crippen molar-refractivity contribution >= 4 is 44.4 Å². The van der Waals surface area contributed by atoms with Crippen molar-refractivity contribution in [1.82, 2.24) is 4.90 Å². The Bertz CT molecular complexity index is 1180. The van der Waals surface area contributed by atoms with Crippen molar-refractivity contribution in [3.63, 3.8) is 0 Å². The van der Waals surface area contributed by atoms with Gasteiger partial charge in [-0.2, -0.15) is 0 Å². The molecule has 31 heavy (non-hydrogen) atoms. The Morgan fingerprint density at radius 3 is 2.32 bits per heavy atom. The number of likely N-dealkylation sites (N-methyl/N-ethyl adjacent to an activating group) is 1. The van der Waals surface area contributed by atoms with E-state index in [1.54, 1.807) is 30.1 Å². The number of carbonyl (C=O) groups is 2. The second-order valence-electron chi connectivity index (χ2n) is 7.35. The van der Waals surface area contributed by atoms with Gasteiger partial charge in [0, 0.05) is 29.1 Å². The molecule has 4 aromatic rings. The molecule has 1 heterocycles. The smallest absolute Gasteiger partial charge is 0.291 e. The minimum absolute atomic E-state index is 0.0296. The summed E-state index contributed by atoms with van der Waals surface area (Å²) in [5, 5.41) is 3.71. The summed E-state index contributed by atoms with van der Waals surface area (Å²) in [6.45, 7) is 0.553. The van der Waals surface area contributed by atoms with Crippen LogP contribution in [-0.4, -0.2) is 23.8 Å². The lowest BCUT2D eigenvalue weighted by atomic mass is 10.1. The maximum Gasteiger partial charge on any atom is 0.291 e. The van der Waals surface area contributed by atoms with E-state index in [4.69, 9.17) is 4.42 Å². The van der Waals surface area contributed by atoms with Gasteiger partial charge in [-0.3, -0.25) is 9.59 Å². The van der Waals surface area contributed by atoms with Gasteiger partial charge in [0.1, 0.15) is 5.58 Å². The van der Waals surface area contributed by atoms with Crippen LogP contribution in [-0.2, 0) is 17.8 Å². The van der Waals surface area contributed by atoms with Crippen molar-refractivity contribution in [2.75, 3.05) is 12.4 Å². The summed E-state index contributed by atoms with van der Waals surface area (Å²) in [5.74, 6) is -0.0220. The van der Waals surface area contributed by atoms with Crippen molar-refractivity contribution in [2.45, 2.75) is 13.0 Å². The van der Waals surface area contributed by atoms with Crippen molar-refractivity contribution in [2.24, 2.45) is 0 Å². The van der Waals surface area contributed by atoms with Crippen LogP contribution in [0.3, 0.4) is 0 Å². The number of benzene rings is 3. The highest BCUT2D eigenvalue weighted by Gasteiger charge is 2.13. The summed E-state index contributed by atoms with van der Waals surface area (Å²) in [7, 11) is 1.80. The highest BCUT2D eigenvalue weighted by molar-refractivity contribution is 9.10. The largest absolute Gasteiger partial charge is 0.451 e.